The summed E-state index contributed by atoms with van der Waals surface area (Å²) in [6.45, 7) is 2.02. The molecule has 0 saturated heterocycles. The van der Waals surface area contributed by atoms with Crippen LogP contribution in [0.1, 0.15) is 44.1 Å². The fourth-order valence-corrected chi connectivity index (χ4v) is 7.33. The zero-order valence-electron chi connectivity index (χ0n) is 15.4. The maximum Gasteiger partial charge on any atom is 0.245 e. The van der Waals surface area contributed by atoms with Gasteiger partial charge in [-0.3, -0.25) is 9.59 Å². The summed E-state index contributed by atoms with van der Waals surface area (Å²) in [4.78, 5) is 31.4. The zero-order valence-corrected chi connectivity index (χ0v) is 17.0. The average Bonchev–Trinajstić information content (AvgIpc) is 2.51. The van der Waals surface area contributed by atoms with Gasteiger partial charge in [-0.15, -0.1) is 0 Å². The van der Waals surface area contributed by atoms with E-state index in [-0.39, 0.29) is 28.1 Å². The van der Waals surface area contributed by atoms with Gasteiger partial charge in [-0.25, -0.2) is 4.98 Å². The smallest absolute Gasteiger partial charge is 0.245 e. The number of halogens is 1. The lowest BCUT2D eigenvalue weighted by Crippen LogP contribution is -2.58. The summed E-state index contributed by atoms with van der Waals surface area (Å²) in [6, 6.07) is 3.71. The number of anilines is 1. The molecule has 4 aliphatic rings. The third-order valence-corrected chi connectivity index (χ3v) is 7.28. The molecule has 26 heavy (non-hydrogen) atoms. The van der Waals surface area contributed by atoms with Crippen LogP contribution in [0.2, 0.25) is 0 Å². The molecule has 4 saturated carbocycles. The van der Waals surface area contributed by atoms with Crippen molar-refractivity contribution in [2.75, 3.05) is 18.9 Å². The van der Waals surface area contributed by atoms with Crippen LogP contribution in [0.15, 0.2) is 18.3 Å². The molecule has 0 radical (unpaired) electrons. The van der Waals surface area contributed by atoms with Gasteiger partial charge < -0.3 is 10.2 Å². The van der Waals surface area contributed by atoms with Crippen molar-refractivity contribution in [3.8, 4) is 0 Å². The van der Waals surface area contributed by atoms with Gasteiger partial charge in [0.25, 0.3) is 0 Å². The molecule has 0 aliphatic heterocycles. The van der Waals surface area contributed by atoms with Crippen molar-refractivity contribution in [2.24, 2.45) is 17.3 Å². The van der Waals surface area contributed by atoms with Crippen molar-refractivity contribution in [3.05, 3.63) is 23.9 Å². The number of rotatable bonds is 4. The zero-order chi connectivity index (χ0) is 18.5. The Bertz CT molecular complexity index is 736. The second-order valence-electron chi connectivity index (χ2n) is 8.82. The van der Waals surface area contributed by atoms with E-state index in [1.54, 1.807) is 18.1 Å². The Kier molecular flexibility index (Phi) is 4.37. The molecule has 5 rings (SSSR count). The first-order valence-corrected chi connectivity index (χ1v) is 10.2. The van der Waals surface area contributed by atoms with Crippen LogP contribution in [0.3, 0.4) is 0 Å². The average molecular weight is 420 g/mol. The topological polar surface area (TPSA) is 62.3 Å². The summed E-state index contributed by atoms with van der Waals surface area (Å²) >= 11 is 3.95. The van der Waals surface area contributed by atoms with E-state index in [4.69, 9.17) is 0 Å². The predicted molar refractivity (Wildman–Crippen MR) is 104 cm³/mol. The van der Waals surface area contributed by atoms with Crippen molar-refractivity contribution in [3.63, 3.8) is 0 Å². The number of nitrogens with one attached hydrogen (secondary N) is 1. The van der Waals surface area contributed by atoms with Crippen LogP contribution in [-0.4, -0.2) is 39.6 Å². The van der Waals surface area contributed by atoms with Crippen molar-refractivity contribution < 1.29 is 9.59 Å². The van der Waals surface area contributed by atoms with E-state index >= 15 is 0 Å². The number of hydrogen-bond donors (Lipinski definition) is 1. The molecule has 2 amide bonds. The lowest BCUT2D eigenvalue weighted by Gasteiger charge is -2.59. The van der Waals surface area contributed by atoms with Crippen molar-refractivity contribution in [1.29, 1.82) is 0 Å². The second-order valence-corrected chi connectivity index (χ2v) is 10.5. The first kappa shape index (κ1) is 18.0. The maximum absolute atomic E-state index is 13.3. The fraction of sp³-hybridized carbons (Fsp3) is 0.650. The van der Waals surface area contributed by atoms with Gasteiger partial charge >= 0.3 is 0 Å². The minimum Gasteiger partial charge on any atom is -0.336 e. The van der Waals surface area contributed by atoms with Crippen LogP contribution < -0.4 is 5.32 Å². The molecule has 4 fully saturated rings. The first-order chi connectivity index (χ1) is 12.3. The van der Waals surface area contributed by atoms with Gasteiger partial charge in [0, 0.05) is 17.6 Å². The third kappa shape index (κ3) is 3.28. The number of alkyl halides is 1. The van der Waals surface area contributed by atoms with Gasteiger partial charge in [0.2, 0.25) is 11.8 Å². The van der Waals surface area contributed by atoms with Crippen LogP contribution >= 0.6 is 15.9 Å². The predicted octanol–water partition coefficient (Wildman–Crippen LogP) is 3.52. The first-order valence-electron chi connectivity index (χ1n) is 9.44. The number of hydrogen-bond acceptors (Lipinski definition) is 3. The van der Waals surface area contributed by atoms with Crippen molar-refractivity contribution in [1.82, 2.24) is 9.88 Å². The molecule has 0 spiro atoms. The molecule has 140 valence electrons. The largest absolute Gasteiger partial charge is 0.336 e. The highest BCUT2D eigenvalue weighted by atomic mass is 79.9. The molecule has 4 aliphatic carbocycles. The van der Waals surface area contributed by atoms with Crippen LogP contribution in [0.4, 0.5) is 5.82 Å². The Morgan fingerprint density at radius 1 is 1.31 bits per heavy atom. The van der Waals surface area contributed by atoms with Gasteiger partial charge in [-0.05, 0) is 75.0 Å². The lowest BCUT2D eigenvalue weighted by molar-refractivity contribution is -0.155. The summed E-state index contributed by atoms with van der Waals surface area (Å²) in [5.74, 6) is 1.78. The number of nitrogens with zero attached hydrogens (tertiary/aromatic N) is 2. The van der Waals surface area contributed by atoms with E-state index in [1.807, 2.05) is 19.1 Å². The van der Waals surface area contributed by atoms with E-state index in [0.29, 0.717) is 17.7 Å². The summed E-state index contributed by atoms with van der Waals surface area (Å²) < 4.78 is 0.140. The fourth-order valence-electron chi connectivity index (χ4n) is 5.88. The Hall–Kier alpha value is -1.43. The molecule has 2 unspecified atom stereocenters. The van der Waals surface area contributed by atoms with E-state index in [2.05, 4.69) is 26.2 Å². The number of aryl methyl sites for hydroxylation is 1. The lowest BCUT2D eigenvalue weighted by atomic mass is 9.49. The molecule has 2 atom stereocenters. The third-order valence-electron chi connectivity index (χ3n) is 6.35. The Morgan fingerprint density at radius 3 is 2.62 bits per heavy atom. The highest BCUT2D eigenvalue weighted by Crippen LogP contribution is 2.64. The molecule has 1 N–H and O–H groups in total. The highest BCUT2D eigenvalue weighted by Gasteiger charge is 2.60. The van der Waals surface area contributed by atoms with Gasteiger partial charge in [-0.2, -0.15) is 0 Å². The maximum atomic E-state index is 13.3. The number of amides is 2. The van der Waals surface area contributed by atoms with E-state index in [0.717, 1.165) is 24.8 Å². The summed E-state index contributed by atoms with van der Waals surface area (Å²) in [5.41, 5.74) is 0.764. The molecule has 0 aromatic carbocycles. The van der Waals surface area contributed by atoms with Gasteiger partial charge in [0.15, 0.2) is 0 Å². The molecule has 5 nitrogen and oxygen atoms in total. The summed E-state index contributed by atoms with van der Waals surface area (Å²) in [6.07, 6.45) is 8.22. The second kappa shape index (κ2) is 6.32. The highest BCUT2D eigenvalue weighted by molar-refractivity contribution is 9.10. The van der Waals surface area contributed by atoms with Crippen LogP contribution in [0.5, 0.6) is 0 Å². The normalized spacial score (nSPS) is 34.6. The molecule has 6 heteroatoms. The summed E-state index contributed by atoms with van der Waals surface area (Å²) in [5, 5.41) is 2.80. The van der Waals surface area contributed by atoms with Crippen LogP contribution in [0.25, 0.3) is 0 Å². The molecular formula is C20H26BrN3O2. The van der Waals surface area contributed by atoms with Crippen molar-refractivity contribution in [2.45, 2.75) is 49.8 Å². The summed E-state index contributed by atoms with van der Waals surface area (Å²) in [7, 11) is 1.76. The van der Waals surface area contributed by atoms with E-state index < -0.39 is 0 Å². The van der Waals surface area contributed by atoms with E-state index in [9.17, 15) is 9.59 Å². The molecule has 4 bridgehead atoms. The Labute approximate surface area is 163 Å². The van der Waals surface area contributed by atoms with Gasteiger partial charge in [0.05, 0.1) is 12.0 Å². The number of carbonyl (C=O) groups is 2. The van der Waals surface area contributed by atoms with Crippen molar-refractivity contribution >= 4 is 33.6 Å². The van der Waals surface area contributed by atoms with Crippen LogP contribution in [-0.2, 0) is 9.59 Å². The Balaban J connectivity index is 1.42. The SMILES string of the molecule is Cc1ccnc(NC(=O)CN(C)C(=O)C23CC4CC(CC(Br)(C4)C2)C3)c1. The van der Waals surface area contributed by atoms with Crippen LogP contribution in [0, 0.1) is 24.2 Å². The Morgan fingerprint density at radius 2 is 2.00 bits per heavy atom. The number of aromatic nitrogens is 1. The monoisotopic (exact) mass is 419 g/mol. The number of likely N-dealkylation sites (N-methyl/N-ethyl adjacent to an activating group) is 1. The minimum absolute atomic E-state index is 0.0703. The number of pyridine rings is 1. The van der Waals surface area contributed by atoms with Gasteiger partial charge in [-0.1, -0.05) is 15.9 Å². The van der Waals surface area contributed by atoms with Gasteiger partial charge in [0.1, 0.15) is 5.82 Å². The quantitative estimate of drug-likeness (QED) is 0.759. The van der Waals surface area contributed by atoms with E-state index in [1.165, 1.54) is 19.3 Å². The molecule has 1 aromatic heterocycles. The molecule has 1 aromatic rings. The minimum atomic E-state index is -0.274. The number of carbonyl (C=O) groups excluding carboxylic acids is 2. The standard InChI is InChI=1S/C20H26BrN3O2/c1-13-3-4-22-16(5-13)23-17(25)11-24(2)18(26)19-7-14-6-15(8-19)10-20(21,9-14)12-19/h3-5,14-15H,6-12H2,1-2H3,(H,22,23,25). The molecule has 1 heterocycles. The molecular weight excluding hydrogens is 394 g/mol.